The molecule has 0 N–H and O–H groups in total. The molecule has 2 heterocycles. The van der Waals surface area contributed by atoms with E-state index < -0.39 is 0 Å². The van der Waals surface area contributed by atoms with Crippen LogP contribution in [0.4, 0.5) is 0 Å². The summed E-state index contributed by atoms with van der Waals surface area (Å²) < 4.78 is 0. The van der Waals surface area contributed by atoms with E-state index in [1.165, 1.54) is 52.2 Å². The number of benzene rings is 2. The van der Waals surface area contributed by atoms with E-state index in [-0.39, 0.29) is 51.0 Å². The zero-order valence-corrected chi connectivity index (χ0v) is 23.9. The second kappa shape index (κ2) is 12.3. The number of rotatable bonds is 2. The van der Waals surface area contributed by atoms with Gasteiger partial charge in [0.25, 0.3) is 0 Å². The monoisotopic (exact) mass is 582 g/mol. The largest absolute Gasteiger partial charge is 4.00 e. The number of halogens is 2. The van der Waals surface area contributed by atoms with Crippen molar-refractivity contribution >= 4 is 44.2 Å². The van der Waals surface area contributed by atoms with Crippen molar-refractivity contribution in [3.05, 3.63) is 107 Å². The SMILES string of the molecule is Cc1ccc(-c2cc3ccccc3[cH-]2)s1.Cc1ccc(-c2cc3ccccc3[cH-]2)s1.[Cl-].[Cl-].[Zr+4]. The summed E-state index contributed by atoms with van der Waals surface area (Å²) in [4.78, 5) is 5.47. The van der Waals surface area contributed by atoms with Gasteiger partial charge in [0.2, 0.25) is 0 Å². The van der Waals surface area contributed by atoms with Gasteiger partial charge in [-0.2, -0.15) is 22.7 Å². The smallest absolute Gasteiger partial charge is 1.00 e. The fourth-order valence-electron chi connectivity index (χ4n) is 3.76. The molecule has 0 radical (unpaired) electrons. The molecule has 6 aromatic rings. The van der Waals surface area contributed by atoms with Crippen LogP contribution in [0.25, 0.3) is 42.4 Å². The Hall–Kier alpha value is -1.48. The van der Waals surface area contributed by atoms with Gasteiger partial charge in [-0.3, -0.25) is 0 Å². The number of aryl methyl sites for hydroxylation is 2. The summed E-state index contributed by atoms with van der Waals surface area (Å²) in [5.41, 5.74) is 2.68. The molecule has 5 heteroatoms. The molecule has 0 unspecified atom stereocenters. The Bertz CT molecular complexity index is 1260. The van der Waals surface area contributed by atoms with Crippen LogP contribution in [0.1, 0.15) is 9.75 Å². The van der Waals surface area contributed by atoms with Crippen molar-refractivity contribution in [3.63, 3.8) is 0 Å². The van der Waals surface area contributed by atoms with Crippen molar-refractivity contribution in [2.45, 2.75) is 13.8 Å². The van der Waals surface area contributed by atoms with Gasteiger partial charge in [-0.05, 0) is 33.4 Å². The summed E-state index contributed by atoms with van der Waals surface area (Å²) in [6, 6.07) is 34.8. The summed E-state index contributed by atoms with van der Waals surface area (Å²) in [5, 5.41) is 5.33. The van der Waals surface area contributed by atoms with Gasteiger partial charge >= 0.3 is 26.2 Å². The fraction of sp³-hybridized carbons (Fsp3) is 0.0714. The molecule has 0 aliphatic rings. The molecule has 0 aliphatic carbocycles. The van der Waals surface area contributed by atoms with Gasteiger partial charge in [-0.25, -0.2) is 0 Å². The Kier molecular flexibility index (Phi) is 10.3. The van der Waals surface area contributed by atoms with Gasteiger partial charge in [-0.15, -0.1) is 69.1 Å². The maximum Gasteiger partial charge on any atom is 4.00 e. The molecule has 0 amide bonds. The van der Waals surface area contributed by atoms with Crippen LogP contribution >= 0.6 is 22.7 Å². The maximum atomic E-state index is 2.26. The second-order valence-electron chi connectivity index (χ2n) is 7.57. The molecule has 4 aromatic carbocycles. The first-order chi connectivity index (χ1) is 14.7. The van der Waals surface area contributed by atoms with Crippen molar-refractivity contribution in [3.8, 4) is 20.9 Å². The van der Waals surface area contributed by atoms with Crippen LogP contribution in [-0.2, 0) is 26.2 Å². The molecular formula is C28H22Cl2S2Zr. The molecule has 0 nitrogen and oxygen atoms in total. The number of hydrogen-bond donors (Lipinski definition) is 0. The zero-order valence-electron chi connectivity index (χ0n) is 18.3. The fourth-order valence-corrected chi connectivity index (χ4v) is 5.47. The molecule has 2 aromatic heterocycles. The van der Waals surface area contributed by atoms with E-state index >= 15 is 0 Å². The van der Waals surface area contributed by atoms with Crippen molar-refractivity contribution in [1.82, 2.24) is 0 Å². The van der Waals surface area contributed by atoms with E-state index in [0.29, 0.717) is 0 Å². The van der Waals surface area contributed by atoms with Crippen molar-refractivity contribution in [2.24, 2.45) is 0 Å². The molecule has 0 saturated heterocycles. The Balaban J connectivity index is 0.000000214. The predicted octanol–water partition coefficient (Wildman–Crippen LogP) is 3.20. The van der Waals surface area contributed by atoms with Crippen LogP contribution < -0.4 is 24.8 Å². The van der Waals surface area contributed by atoms with Crippen LogP contribution in [-0.4, -0.2) is 0 Å². The molecule has 6 rings (SSSR count). The summed E-state index contributed by atoms with van der Waals surface area (Å²) in [5.74, 6) is 0. The van der Waals surface area contributed by atoms with Crippen LogP contribution in [0.15, 0.2) is 97.1 Å². The average Bonchev–Trinajstić information content (AvgIpc) is 3.53. The van der Waals surface area contributed by atoms with E-state index in [2.05, 4.69) is 111 Å². The second-order valence-corrected chi connectivity index (χ2v) is 10.1. The third-order valence-corrected chi connectivity index (χ3v) is 7.39. The van der Waals surface area contributed by atoms with Gasteiger partial charge in [0.05, 0.1) is 0 Å². The number of thiophene rings is 2. The third-order valence-electron chi connectivity index (χ3n) is 5.29. The summed E-state index contributed by atoms with van der Waals surface area (Å²) >= 11 is 3.71. The van der Waals surface area contributed by atoms with E-state index in [0.717, 1.165) is 0 Å². The van der Waals surface area contributed by atoms with Gasteiger partial charge < -0.3 is 24.8 Å². The van der Waals surface area contributed by atoms with Crippen LogP contribution in [0.5, 0.6) is 0 Å². The Morgan fingerprint density at radius 1 is 0.545 bits per heavy atom. The molecule has 0 fully saturated rings. The third kappa shape index (κ3) is 6.35. The maximum absolute atomic E-state index is 2.26. The first-order valence-electron chi connectivity index (χ1n) is 10.1. The quantitative estimate of drug-likeness (QED) is 0.275. The topological polar surface area (TPSA) is 0 Å². The first-order valence-corrected chi connectivity index (χ1v) is 11.7. The van der Waals surface area contributed by atoms with Crippen LogP contribution in [0.2, 0.25) is 0 Å². The number of fused-ring (bicyclic) bond motifs is 2. The van der Waals surface area contributed by atoms with E-state index in [4.69, 9.17) is 0 Å². The summed E-state index contributed by atoms with van der Waals surface area (Å²) in [6.45, 7) is 4.30. The predicted molar refractivity (Wildman–Crippen MR) is 135 cm³/mol. The molecule has 164 valence electrons. The van der Waals surface area contributed by atoms with Crippen LogP contribution in [0.3, 0.4) is 0 Å². The van der Waals surface area contributed by atoms with Gasteiger partial charge in [-0.1, -0.05) is 60.7 Å². The molecule has 0 spiro atoms. The molecule has 0 bridgehead atoms. The van der Waals surface area contributed by atoms with Crippen molar-refractivity contribution in [1.29, 1.82) is 0 Å². The minimum atomic E-state index is 0. The minimum Gasteiger partial charge on any atom is -1.00 e. The Morgan fingerprint density at radius 3 is 1.27 bits per heavy atom. The van der Waals surface area contributed by atoms with Crippen LogP contribution in [0, 0.1) is 13.8 Å². The molecule has 0 saturated carbocycles. The first kappa shape index (κ1) is 27.8. The Morgan fingerprint density at radius 2 is 0.939 bits per heavy atom. The average molecular weight is 585 g/mol. The molecule has 0 aliphatic heterocycles. The van der Waals surface area contributed by atoms with Gasteiger partial charge in [0, 0.05) is 0 Å². The number of hydrogen-bond acceptors (Lipinski definition) is 2. The van der Waals surface area contributed by atoms with Crippen molar-refractivity contribution < 1.29 is 51.0 Å². The standard InChI is InChI=1S/2C14H11S.2ClH.Zr/c2*1-10-6-7-14(15-10)13-8-11-4-2-3-5-12(11)9-13;;;/h2*2-9H,1H3;2*1H;/q2*-1;;;+4/p-2. The van der Waals surface area contributed by atoms with E-state index in [1.54, 1.807) is 0 Å². The van der Waals surface area contributed by atoms with Gasteiger partial charge in [0.15, 0.2) is 0 Å². The molecule has 33 heavy (non-hydrogen) atoms. The zero-order chi connectivity index (χ0) is 20.5. The summed E-state index contributed by atoms with van der Waals surface area (Å²) in [6.07, 6.45) is 0. The Labute approximate surface area is 235 Å². The minimum absolute atomic E-state index is 0. The molecular weight excluding hydrogens is 563 g/mol. The van der Waals surface area contributed by atoms with Gasteiger partial charge in [0.1, 0.15) is 0 Å². The van der Waals surface area contributed by atoms with E-state index in [9.17, 15) is 0 Å². The van der Waals surface area contributed by atoms with Crippen molar-refractivity contribution in [2.75, 3.05) is 0 Å². The summed E-state index contributed by atoms with van der Waals surface area (Å²) in [7, 11) is 0. The molecule has 0 atom stereocenters. The normalized spacial score (nSPS) is 10.0. The van der Waals surface area contributed by atoms with E-state index in [1.807, 2.05) is 22.7 Å².